The second-order valence-corrected chi connectivity index (χ2v) is 2.43. The molecule has 0 unspecified atom stereocenters. The third-order valence-electron chi connectivity index (χ3n) is 1.46. The van der Waals surface area contributed by atoms with Gasteiger partial charge in [-0.2, -0.15) is 0 Å². The first-order chi connectivity index (χ1) is 5.59. The summed E-state index contributed by atoms with van der Waals surface area (Å²) in [6, 6.07) is 4.59. The van der Waals surface area contributed by atoms with Crippen LogP contribution in [-0.4, -0.2) is 16.3 Å². The Morgan fingerprint density at radius 3 is 2.67 bits per heavy atom. The van der Waals surface area contributed by atoms with Crippen LogP contribution < -0.4 is 5.32 Å². The van der Waals surface area contributed by atoms with Crippen LogP contribution in [0.15, 0.2) is 18.2 Å². The summed E-state index contributed by atoms with van der Waals surface area (Å²) in [7, 11) is 0. The number of carbonyl (C=O) groups is 1. The average Bonchev–Trinajstić information content (AvgIpc) is 1.96. The maximum absolute atomic E-state index is 10.2. The first kappa shape index (κ1) is 8.39. The van der Waals surface area contributed by atoms with Gasteiger partial charge >= 0.3 is 6.09 Å². The normalized spacial score (nSPS) is 9.42. The molecule has 12 heavy (non-hydrogen) atoms. The smallest absolute Gasteiger partial charge is 0.409 e. The Kier molecular flexibility index (Phi) is 2.19. The SMILES string of the molecule is Cc1ccc(NC(=O)O)cc1O. The highest BCUT2D eigenvalue weighted by Gasteiger charge is 2.00. The summed E-state index contributed by atoms with van der Waals surface area (Å²) in [4.78, 5) is 10.2. The monoisotopic (exact) mass is 167 g/mol. The van der Waals surface area contributed by atoms with Crippen LogP contribution in [-0.2, 0) is 0 Å². The summed E-state index contributed by atoms with van der Waals surface area (Å²) in [5, 5.41) is 19.6. The molecule has 4 heteroatoms. The first-order valence-corrected chi connectivity index (χ1v) is 3.39. The zero-order valence-corrected chi connectivity index (χ0v) is 6.53. The van der Waals surface area contributed by atoms with Crippen molar-refractivity contribution in [2.45, 2.75) is 6.92 Å². The number of nitrogens with one attached hydrogen (secondary N) is 1. The van der Waals surface area contributed by atoms with E-state index in [4.69, 9.17) is 5.11 Å². The quantitative estimate of drug-likeness (QED) is 0.597. The highest BCUT2D eigenvalue weighted by atomic mass is 16.4. The molecule has 1 rings (SSSR count). The number of amides is 1. The molecule has 1 amide bonds. The lowest BCUT2D eigenvalue weighted by molar-refractivity contribution is 0.210. The standard InChI is InChI=1S/C8H9NO3/c1-5-2-3-6(4-7(5)10)9-8(11)12/h2-4,9-10H,1H3,(H,11,12). The molecule has 0 fully saturated rings. The van der Waals surface area contributed by atoms with Crippen LogP contribution in [0.25, 0.3) is 0 Å². The fourth-order valence-corrected chi connectivity index (χ4v) is 0.811. The molecular weight excluding hydrogens is 158 g/mol. The van der Waals surface area contributed by atoms with Gasteiger partial charge in [0, 0.05) is 11.8 Å². The van der Waals surface area contributed by atoms with E-state index in [0.717, 1.165) is 0 Å². The molecule has 4 nitrogen and oxygen atoms in total. The molecule has 0 atom stereocenters. The molecule has 0 radical (unpaired) electrons. The molecule has 0 saturated heterocycles. The van der Waals surface area contributed by atoms with Gasteiger partial charge in [0.15, 0.2) is 0 Å². The van der Waals surface area contributed by atoms with E-state index in [2.05, 4.69) is 5.32 Å². The van der Waals surface area contributed by atoms with E-state index in [1.807, 2.05) is 0 Å². The van der Waals surface area contributed by atoms with Crippen molar-refractivity contribution < 1.29 is 15.0 Å². The van der Waals surface area contributed by atoms with Gasteiger partial charge in [0.1, 0.15) is 5.75 Å². The number of rotatable bonds is 1. The Morgan fingerprint density at radius 1 is 1.50 bits per heavy atom. The number of carboxylic acid groups (broad SMARTS) is 1. The summed E-state index contributed by atoms with van der Waals surface area (Å²) in [6.07, 6.45) is -1.14. The molecule has 0 aliphatic heterocycles. The van der Waals surface area contributed by atoms with Crippen molar-refractivity contribution in [2.24, 2.45) is 0 Å². The first-order valence-electron chi connectivity index (χ1n) is 3.39. The lowest BCUT2D eigenvalue weighted by atomic mass is 10.2. The Balaban J connectivity index is 2.89. The Hall–Kier alpha value is -1.71. The minimum atomic E-state index is -1.14. The molecule has 0 bridgehead atoms. The Morgan fingerprint density at radius 2 is 2.17 bits per heavy atom. The number of benzene rings is 1. The molecule has 0 aliphatic carbocycles. The van der Waals surface area contributed by atoms with Crippen LogP contribution in [0.3, 0.4) is 0 Å². The Labute approximate surface area is 69.5 Å². The van der Waals surface area contributed by atoms with Crippen molar-refractivity contribution in [1.29, 1.82) is 0 Å². The van der Waals surface area contributed by atoms with Crippen molar-refractivity contribution in [3.63, 3.8) is 0 Å². The molecule has 0 aromatic heterocycles. The van der Waals surface area contributed by atoms with Crippen LogP contribution in [0.1, 0.15) is 5.56 Å². The van der Waals surface area contributed by atoms with E-state index in [-0.39, 0.29) is 5.75 Å². The highest BCUT2D eigenvalue weighted by Crippen LogP contribution is 2.20. The number of hydrogen-bond acceptors (Lipinski definition) is 2. The molecule has 1 aromatic carbocycles. The minimum Gasteiger partial charge on any atom is -0.508 e. The summed E-state index contributed by atoms with van der Waals surface area (Å²) in [5.74, 6) is 0.0845. The molecule has 0 heterocycles. The second-order valence-electron chi connectivity index (χ2n) is 2.43. The van der Waals surface area contributed by atoms with Crippen LogP contribution in [0.4, 0.5) is 10.5 Å². The zero-order chi connectivity index (χ0) is 9.14. The predicted molar refractivity (Wildman–Crippen MR) is 44.5 cm³/mol. The van der Waals surface area contributed by atoms with Gasteiger partial charge in [-0.25, -0.2) is 4.79 Å². The van der Waals surface area contributed by atoms with Gasteiger partial charge < -0.3 is 10.2 Å². The largest absolute Gasteiger partial charge is 0.508 e. The van der Waals surface area contributed by atoms with Crippen molar-refractivity contribution in [2.75, 3.05) is 5.32 Å². The molecule has 1 aromatic rings. The number of anilines is 1. The van der Waals surface area contributed by atoms with Crippen LogP contribution in [0.2, 0.25) is 0 Å². The van der Waals surface area contributed by atoms with Crippen molar-refractivity contribution in [3.8, 4) is 5.75 Å². The number of phenolic OH excluding ortho intramolecular Hbond substituents is 1. The van der Waals surface area contributed by atoms with Gasteiger partial charge in [0.25, 0.3) is 0 Å². The third kappa shape index (κ3) is 1.88. The topological polar surface area (TPSA) is 69.6 Å². The fraction of sp³-hybridized carbons (Fsp3) is 0.125. The molecule has 0 saturated carbocycles. The van der Waals surface area contributed by atoms with Gasteiger partial charge in [0.2, 0.25) is 0 Å². The number of aromatic hydroxyl groups is 1. The molecule has 64 valence electrons. The number of phenols is 1. The lowest BCUT2D eigenvalue weighted by Crippen LogP contribution is -2.06. The van der Waals surface area contributed by atoms with Crippen molar-refractivity contribution in [3.05, 3.63) is 23.8 Å². The summed E-state index contributed by atoms with van der Waals surface area (Å²) >= 11 is 0. The van der Waals surface area contributed by atoms with Crippen molar-refractivity contribution in [1.82, 2.24) is 0 Å². The Bertz CT molecular complexity index is 309. The van der Waals surface area contributed by atoms with E-state index in [0.29, 0.717) is 11.3 Å². The maximum atomic E-state index is 10.2. The van der Waals surface area contributed by atoms with Crippen LogP contribution in [0, 0.1) is 6.92 Å². The van der Waals surface area contributed by atoms with Gasteiger partial charge in [-0.15, -0.1) is 0 Å². The molecule has 0 spiro atoms. The highest BCUT2D eigenvalue weighted by molar-refractivity contribution is 5.83. The third-order valence-corrected chi connectivity index (χ3v) is 1.46. The fourth-order valence-electron chi connectivity index (χ4n) is 0.811. The molecule has 0 aliphatic rings. The minimum absolute atomic E-state index is 0.0845. The van der Waals surface area contributed by atoms with Gasteiger partial charge in [-0.1, -0.05) is 6.07 Å². The maximum Gasteiger partial charge on any atom is 0.409 e. The second kappa shape index (κ2) is 3.13. The summed E-state index contributed by atoms with van der Waals surface area (Å²) in [5.41, 5.74) is 1.08. The zero-order valence-electron chi connectivity index (χ0n) is 6.53. The summed E-state index contributed by atoms with van der Waals surface area (Å²) < 4.78 is 0. The van der Waals surface area contributed by atoms with Gasteiger partial charge in [0.05, 0.1) is 0 Å². The number of aryl methyl sites for hydroxylation is 1. The van der Waals surface area contributed by atoms with Gasteiger partial charge in [-0.3, -0.25) is 5.32 Å². The van der Waals surface area contributed by atoms with Crippen molar-refractivity contribution >= 4 is 11.8 Å². The van der Waals surface area contributed by atoms with E-state index in [1.54, 1.807) is 19.1 Å². The number of hydrogen-bond donors (Lipinski definition) is 3. The lowest BCUT2D eigenvalue weighted by Gasteiger charge is -2.02. The van der Waals surface area contributed by atoms with Gasteiger partial charge in [-0.05, 0) is 18.6 Å². The van der Waals surface area contributed by atoms with Crippen LogP contribution >= 0.6 is 0 Å². The van der Waals surface area contributed by atoms with E-state index in [1.165, 1.54) is 6.07 Å². The average molecular weight is 167 g/mol. The molecular formula is C8H9NO3. The van der Waals surface area contributed by atoms with Crippen LogP contribution in [0.5, 0.6) is 5.75 Å². The molecule has 3 N–H and O–H groups in total. The van der Waals surface area contributed by atoms with E-state index in [9.17, 15) is 9.90 Å². The van der Waals surface area contributed by atoms with E-state index >= 15 is 0 Å². The van der Waals surface area contributed by atoms with E-state index < -0.39 is 6.09 Å². The predicted octanol–water partition coefficient (Wildman–Crippen LogP) is 1.79. The summed E-state index contributed by atoms with van der Waals surface area (Å²) in [6.45, 7) is 1.74.